The fraction of sp³-hybridized carbons (Fsp3) is 0.167. The highest BCUT2D eigenvalue weighted by Gasteiger charge is 2.30. The predicted octanol–water partition coefficient (Wildman–Crippen LogP) is 5.13. The summed E-state index contributed by atoms with van der Waals surface area (Å²) in [4.78, 5) is 26.3. The van der Waals surface area contributed by atoms with Crippen LogP contribution >= 0.6 is 0 Å². The molecule has 0 bridgehead atoms. The van der Waals surface area contributed by atoms with Crippen molar-refractivity contribution < 1.29 is 31.9 Å². The number of nitrogens with zero attached hydrogens (tertiary/aromatic N) is 1. The zero-order valence-corrected chi connectivity index (χ0v) is 17.5. The first-order chi connectivity index (χ1) is 15.6. The minimum atomic E-state index is -4.44. The SMILES string of the molecule is CN(Cc1ccc(C(F)(F)F)cc1)C(=O)c1ccccc1OCC(=O)Nc1ccccc1F. The van der Waals surface area contributed by atoms with Crippen LogP contribution in [-0.2, 0) is 17.5 Å². The molecule has 0 aromatic heterocycles. The Balaban J connectivity index is 1.64. The summed E-state index contributed by atoms with van der Waals surface area (Å²) in [5, 5.41) is 2.39. The highest BCUT2D eigenvalue weighted by molar-refractivity contribution is 5.97. The van der Waals surface area contributed by atoms with E-state index in [2.05, 4.69) is 5.32 Å². The molecule has 9 heteroatoms. The van der Waals surface area contributed by atoms with E-state index in [1.165, 1.54) is 54.4 Å². The van der Waals surface area contributed by atoms with Crippen molar-refractivity contribution in [3.8, 4) is 5.75 Å². The van der Waals surface area contributed by atoms with Gasteiger partial charge in [-0.25, -0.2) is 4.39 Å². The Bertz CT molecular complexity index is 1130. The van der Waals surface area contributed by atoms with E-state index in [1.807, 2.05) is 0 Å². The summed E-state index contributed by atoms with van der Waals surface area (Å²) >= 11 is 0. The maximum atomic E-state index is 13.7. The lowest BCUT2D eigenvalue weighted by molar-refractivity contribution is -0.137. The lowest BCUT2D eigenvalue weighted by Crippen LogP contribution is -2.27. The van der Waals surface area contributed by atoms with Gasteiger partial charge in [0.2, 0.25) is 0 Å². The molecule has 0 aliphatic rings. The van der Waals surface area contributed by atoms with Crippen molar-refractivity contribution in [1.82, 2.24) is 4.90 Å². The molecule has 0 unspecified atom stereocenters. The summed E-state index contributed by atoms with van der Waals surface area (Å²) in [6, 6.07) is 16.5. The molecule has 0 heterocycles. The van der Waals surface area contributed by atoms with E-state index in [1.54, 1.807) is 18.2 Å². The van der Waals surface area contributed by atoms with Crippen LogP contribution in [0.4, 0.5) is 23.2 Å². The molecule has 0 saturated heterocycles. The van der Waals surface area contributed by atoms with E-state index in [9.17, 15) is 27.2 Å². The number of benzene rings is 3. The molecule has 0 radical (unpaired) electrons. The number of hydrogen-bond donors (Lipinski definition) is 1. The van der Waals surface area contributed by atoms with Gasteiger partial charge < -0.3 is 15.0 Å². The number of alkyl halides is 3. The van der Waals surface area contributed by atoms with Gasteiger partial charge in [0.05, 0.1) is 16.8 Å². The Morgan fingerprint density at radius 1 is 0.939 bits per heavy atom. The zero-order chi connectivity index (χ0) is 24.0. The van der Waals surface area contributed by atoms with Crippen LogP contribution in [0.1, 0.15) is 21.5 Å². The van der Waals surface area contributed by atoms with Gasteiger partial charge >= 0.3 is 6.18 Å². The second-order valence-electron chi connectivity index (χ2n) is 7.17. The van der Waals surface area contributed by atoms with Crippen LogP contribution in [0.3, 0.4) is 0 Å². The topological polar surface area (TPSA) is 58.6 Å². The second-order valence-corrected chi connectivity index (χ2v) is 7.17. The molecular weight excluding hydrogens is 440 g/mol. The summed E-state index contributed by atoms with van der Waals surface area (Å²) < 4.78 is 57.3. The number of carbonyl (C=O) groups excluding carboxylic acids is 2. The first-order valence-electron chi connectivity index (χ1n) is 9.83. The molecule has 0 fully saturated rings. The summed E-state index contributed by atoms with van der Waals surface area (Å²) in [7, 11) is 1.50. The molecule has 0 spiro atoms. The minimum absolute atomic E-state index is 0.00624. The monoisotopic (exact) mass is 460 g/mol. The van der Waals surface area contributed by atoms with E-state index in [-0.39, 0.29) is 23.5 Å². The molecular formula is C24H20F4N2O3. The molecule has 0 aliphatic carbocycles. The van der Waals surface area contributed by atoms with Crippen molar-refractivity contribution in [3.63, 3.8) is 0 Å². The van der Waals surface area contributed by atoms with Gasteiger partial charge in [0.25, 0.3) is 11.8 Å². The second kappa shape index (κ2) is 10.2. The van der Waals surface area contributed by atoms with Crippen molar-refractivity contribution in [1.29, 1.82) is 0 Å². The standard InChI is InChI=1S/C24H20F4N2O3/c1-30(14-16-10-12-17(13-11-16)24(26,27)28)23(32)18-6-2-5-9-21(18)33-15-22(31)29-20-8-4-3-7-19(20)25/h2-13H,14-15H2,1H3,(H,29,31). The maximum absolute atomic E-state index is 13.7. The van der Waals surface area contributed by atoms with Gasteiger partial charge in [0.15, 0.2) is 6.61 Å². The van der Waals surface area contributed by atoms with Gasteiger partial charge in [0, 0.05) is 13.6 Å². The molecule has 5 nitrogen and oxygen atoms in total. The number of nitrogens with one attached hydrogen (secondary N) is 1. The Morgan fingerprint density at radius 3 is 2.24 bits per heavy atom. The van der Waals surface area contributed by atoms with Crippen LogP contribution in [0, 0.1) is 5.82 Å². The van der Waals surface area contributed by atoms with Crippen molar-refractivity contribution in [2.24, 2.45) is 0 Å². The largest absolute Gasteiger partial charge is 0.483 e. The van der Waals surface area contributed by atoms with Crippen LogP contribution in [0.2, 0.25) is 0 Å². The van der Waals surface area contributed by atoms with Crippen molar-refractivity contribution in [2.75, 3.05) is 19.0 Å². The zero-order valence-electron chi connectivity index (χ0n) is 17.5. The molecule has 1 N–H and O–H groups in total. The molecule has 0 aliphatic heterocycles. The smallest absolute Gasteiger partial charge is 0.416 e. The first kappa shape index (κ1) is 23.8. The highest BCUT2D eigenvalue weighted by atomic mass is 19.4. The number of carbonyl (C=O) groups is 2. The van der Waals surface area contributed by atoms with Crippen LogP contribution in [0.15, 0.2) is 72.8 Å². The Morgan fingerprint density at radius 2 is 1.58 bits per heavy atom. The van der Waals surface area contributed by atoms with Gasteiger partial charge in [0.1, 0.15) is 11.6 Å². The van der Waals surface area contributed by atoms with E-state index < -0.39 is 36.0 Å². The molecule has 3 aromatic carbocycles. The first-order valence-corrected chi connectivity index (χ1v) is 9.83. The third-order valence-corrected chi connectivity index (χ3v) is 4.67. The number of halogens is 4. The highest BCUT2D eigenvalue weighted by Crippen LogP contribution is 2.29. The van der Waals surface area contributed by atoms with E-state index >= 15 is 0 Å². The number of ether oxygens (including phenoxy) is 1. The van der Waals surface area contributed by atoms with Crippen LogP contribution in [-0.4, -0.2) is 30.4 Å². The Labute approximate surface area is 187 Å². The molecule has 0 atom stereocenters. The lowest BCUT2D eigenvalue weighted by atomic mass is 10.1. The van der Waals surface area contributed by atoms with Gasteiger partial charge in [-0.3, -0.25) is 9.59 Å². The minimum Gasteiger partial charge on any atom is -0.483 e. The van der Waals surface area contributed by atoms with Crippen molar-refractivity contribution >= 4 is 17.5 Å². The van der Waals surface area contributed by atoms with Gasteiger partial charge in [-0.2, -0.15) is 13.2 Å². The Kier molecular flexibility index (Phi) is 7.32. The number of anilines is 1. The van der Waals surface area contributed by atoms with E-state index in [0.29, 0.717) is 5.56 Å². The summed E-state index contributed by atoms with van der Waals surface area (Å²) in [5.74, 6) is -1.50. The third-order valence-electron chi connectivity index (χ3n) is 4.67. The maximum Gasteiger partial charge on any atom is 0.416 e. The van der Waals surface area contributed by atoms with Crippen LogP contribution in [0.5, 0.6) is 5.75 Å². The molecule has 3 rings (SSSR count). The van der Waals surface area contributed by atoms with Crippen molar-refractivity contribution in [3.05, 3.63) is 95.3 Å². The molecule has 2 amide bonds. The number of para-hydroxylation sites is 2. The number of hydrogen-bond acceptors (Lipinski definition) is 3. The molecule has 0 saturated carbocycles. The van der Waals surface area contributed by atoms with Crippen LogP contribution < -0.4 is 10.1 Å². The lowest BCUT2D eigenvalue weighted by Gasteiger charge is -2.19. The molecule has 172 valence electrons. The molecule has 33 heavy (non-hydrogen) atoms. The average molecular weight is 460 g/mol. The third kappa shape index (κ3) is 6.31. The fourth-order valence-electron chi connectivity index (χ4n) is 3.01. The van der Waals surface area contributed by atoms with Gasteiger partial charge in [-0.05, 0) is 42.0 Å². The summed E-state index contributed by atoms with van der Waals surface area (Å²) in [6.07, 6.45) is -4.44. The number of rotatable bonds is 7. The predicted molar refractivity (Wildman–Crippen MR) is 114 cm³/mol. The number of amides is 2. The van der Waals surface area contributed by atoms with Crippen molar-refractivity contribution in [2.45, 2.75) is 12.7 Å². The normalized spacial score (nSPS) is 11.1. The van der Waals surface area contributed by atoms with Gasteiger partial charge in [-0.15, -0.1) is 0 Å². The van der Waals surface area contributed by atoms with E-state index in [4.69, 9.17) is 4.74 Å². The summed E-state index contributed by atoms with van der Waals surface area (Å²) in [5.41, 5.74) is -0.0773. The fourth-order valence-corrected chi connectivity index (χ4v) is 3.01. The summed E-state index contributed by atoms with van der Waals surface area (Å²) in [6.45, 7) is -0.389. The van der Waals surface area contributed by atoms with Gasteiger partial charge in [-0.1, -0.05) is 36.4 Å². The quantitative estimate of drug-likeness (QED) is 0.497. The molecule has 3 aromatic rings. The average Bonchev–Trinajstić information content (AvgIpc) is 2.78. The Hall–Kier alpha value is -3.88. The van der Waals surface area contributed by atoms with Crippen LogP contribution in [0.25, 0.3) is 0 Å². The van der Waals surface area contributed by atoms with E-state index in [0.717, 1.165) is 12.1 Å².